The zero-order chi connectivity index (χ0) is 13.5. The molecule has 0 aliphatic heterocycles. The molecule has 0 bridgehead atoms. The molecule has 0 aromatic heterocycles. The third-order valence-corrected chi connectivity index (χ3v) is 3.23. The molecule has 0 fully saturated rings. The van der Waals surface area contributed by atoms with Crippen LogP contribution in [-0.4, -0.2) is 24.7 Å². The van der Waals surface area contributed by atoms with Crippen molar-refractivity contribution < 1.29 is 5.11 Å². The van der Waals surface area contributed by atoms with E-state index in [1.165, 1.54) is 0 Å². The lowest BCUT2D eigenvalue weighted by Gasteiger charge is -2.24. The molecule has 1 atom stereocenters. The molecule has 1 rings (SSSR count). The summed E-state index contributed by atoms with van der Waals surface area (Å²) in [5, 5.41) is 13.5. The fraction of sp³-hybridized carbons (Fsp3) is 0.600. The van der Waals surface area contributed by atoms with Crippen LogP contribution in [-0.2, 0) is 0 Å². The van der Waals surface area contributed by atoms with Gasteiger partial charge in [-0.15, -0.1) is 0 Å². The highest BCUT2D eigenvalue weighted by atomic mass is 16.3. The van der Waals surface area contributed by atoms with Gasteiger partial charge in [0.1, 0.15) is 5.75 Å². The van der Waals surface area contributed by atoms with Crippen LogP contribution in [0.25, 0.3) is 0 Å². The van der Waals surface area contributed by atoms with Crippen LogP contribution in [0.3, 0.4) is 0 Å². The average molecular weight is 250 g/mol. The van der Waals surface area contributed by atoms with Gasteiger partial charge in [0, 0.05) is 36.4 Å². The van der Waals surface area contributed by atoms with E-state index in [1.807, 2.05) is 12.1 Å². The van der Waals surface area contributed by atoms with Crippen molar-refractivity contribution in [3.8, 4) is 5.75 Å². The SMILES string of the molecule is CCCN(CC)c1ccc(C(C)NCC)c(O)c1. The second kappa shape index (κ2) is 7.27. The summed E-state index contributed by atoms with van der Waals surface area (Å²) in [5.41, 5.74) is 2.07. The van der Waals surface area contributed by atoms with Crippen molar-refractivity contribution in [2.24, 2.45) is 0 Å². The van der Waals surface area contributed by atoms with Gasteiger partial charge < -0.3 is 15.3 Å². The quantitative estimate of drug-likeness (QED) is 0.779. The fourth-order valence-electron chi connectivity index (χ4n) is 2.25. The molecule has 0 aliphatic rings. The number of rotatable bonds is 7. The van der Waals surface area contributed by atoms with Crippen LogP contribution >= 0.6 is 0 Å². The molecular formula is C15H26N2O. The Morgan fingerprint density at radius 3 is 2.50 bits per heavy atom. The van der Waals surface area contributed by atoms with E-state index >= 15 is 0 Å². The number of hydrogen-bond donors (Lipinski definition) is 2. The van der Waals surface area contributed by atoms with Crippen molar-refractivity contribution in [3.63, 3.8) is 0 Å². The van der Waals surface area contributed by atoms with E-state index < -0.39 is 0 Å². The van der Waals surface area contributed by atoms with Gasteiger partial charge >= 0.3 is 0 Å². The molecular weight excluding hydrogens is 224 g/mol. The molecule has 0 radical (unpaired) electrons. The minimum absolute atomic E-state index is 0.185. The zero-order valence-corrected chi connectivity index (χ0v) is 12.0. The third kappa shape index (κ3) is 3.64. The van der Waals surface area contributed by atoms with Crippen LogP contribution in [0.15, 0.2) is 18.2 Å². The Hall–Kier alpha value is -1.22. The zero-order valence-electron chi connectivity index (χ0n) is 12.0. The minimum atomic E-state index is 0.185. The van der Waals surface area contributed by atoms with Gasteiger partial charge in [0.15, 0.2) is 0 Å². The lowest BCUT2D eigenvalue weighted by molar-refractivity contribution is 0.454. The smallest absolute Gasteiger partial charge is 0.122 e. The van der Waals surface area contributed by atoms with E-state index in [0.29, 0.717) is 5.75 Å². The maximum absolute atomic E-state index is 10.1. The van der Waals surface area contributed by atoms with Crippen molar-refractivity contribution in [2.75, 3.05) is 24.5 Å². The minimum Gasteiger partial charge on any atom is -0.508 e. The third-order valence-electron chi connectivity index (χ3n) is 3.23. The maximum Gasteiger partial charge on any atom is 0.122 e. The highest BCUT2D eigenvalue weighted by Crippen LogP contribution is 2.29. The van der Waals surface area contributed by atoms with Crippen LogP contribution in [0.2, 0.25) is 0 Å². The highest BCUT2D eigenvalue weighted by molar-refractivity contribution is 5.54. The number of nitrogens with one attached hydrogen (secondary N) is 1. The van der Waals surface area contributed by atoms with Crippen LogP contribution in [0.1, 0.15) is 45.7 Å². The Kier molecular flexibility index (Phi) is 5.99. The molecule has 0 heterocycles. The number of anilines is 1. The largest absolute Gasteiger partial charge is 0.508 e. The highest BCUT2D eigenvalue weighted by Gasteiger charge is 2.11. The van der Waals surface area contributed by atoms with Gasteiger partial charge in [0.2, 0.25) is 0 Å². The summed E-state index contributed by atoms with van der Waals surface area (Å²) < 4.78 is 0. The number of phenolic OH excluding ortho intramolecular Hbond substituents is 1. The summed E-state index contributed by atoms with van der Waals surface area (Å²) in [6, 6.07) is 6.19. The van der Waals surface area contributed by atoms with E-state index in [9.17, 15) is 5.11 Å². The number of aromatic hydroxyl groups is 1. The van der Waals surface area contributed by atoms with Crippen molar-refractivity contribution in [1.29, 1.82) is 0 Å². The lowest BCUT2D eigenvalue weighted by atomic mass is 10.1. The van der Waals surface area contributed by atoms with Gasteiger partial charge in [-0.25, -0.2) is 0 Å². The Bertz CT molecular complexity index is 366. The Morgan fingerprint density at radius 2 is 2.00 bits per heavy atom. The fourth-order valence-corrected chi connectivity index (χ4v) is 2.25. The van der Waals surface area contributed by atoms with Gasteiger partial charge in [-0.1, -0.05) is 19.9 Å². The molecule has 0 amide bonds. The van der Waals surface area contributed by atoms with Gasteiger partial charge in [-0.3, -0.25) is 0 Å². The van der Waals surface area contributed by atoms with Crippen LogP contribution < -0.4 is 10.2 Å². The molecule has 3 heteroatoms. The Morgan fingerprint density at radius 1 is 1.28 bits per heavy atom. The van der Waals surface area contributed by atoms with Crippen LogP contribution in [0, 0.1) is 0 Å². The van der Waals surface area contributed by atoms with E-state index in [4.69, 9.17) is 0 Å². The molecule has 0 saturated heterocycles. The number of benzene rings is 1. The summed E-state index contributed by atoms with van der Waals surface area (Å²) in [5.74, 6) is 0.385. The molecule has 0 spiro atoms. The topological polar surface area (TPSA) is 35.5 Å². The molecule has 102 valence electrons. The van der Waals surface area contributed by atoms with Crippen LogP contribution in [0.5, 0.6) is 5.75 Å². The summed E-state index contributed by atoms with van der Waals surface area (Å²) in [6.07, 6.45) is 1.12. The first-order valence-electron chi connectivity index (χ1n) is 6.95. The predicted octanol–water partition coefficient (Wildman–Crippen LogP) is 3.30. The molecule has 3 nitrogen and oxygen atoms in total. The summed E-state index contributed by atoms with van der Waals surface area (Å²) in [6.45, 7) is 11.3. The van der Waals surface area contributed by atoms with Crippen molar-refractivity contribution in [1.82, 2.24) is 5.32 Å². The van der Waals surface area contributed by atoms with Gasteiger partial charge in [-0.2, -0.15) is 0 Å². The van der Waals surface area contributed by atoms with E-state index in [0.717, 1.165) is 37.3 Å². The Labute approximate surface area is 111 Å². The first-order valence-corrected chi connectivity index (χ1v) is 6.95. The standard InChI is InChI=1S/C15H26N2O/c1-5-10-17(7-3)13-8-9-14(15(18)11-13)12(4)16-6-2/h8-9,11-12,16,18H,5-7,10H2,1-4H3. The van der Waals surface area contributed by atoms with E-state index in [1.54, 1.807) is 0 Å². The van der Waals surface area contributed by atoms with E-state index in [2.05, 4.69) is 44.0 Å². The molecule has 2 N–H and O–H groups in total. The first kappa shape index (κ1) is 14.8. The Balaban J connectivity index is 2.90. The van der Waals surface area contributed by atoms with Gasteiger partial charge in [-0.05, 0) is 32.9 Å². The molecule has 1 aromatic carbocycles. The van der Waals surface area contributed by atoms with Crippen LogP contribution in [0.4, 0.5) is 5.69 Å². The van der Waals surface area contributed by atoms with Gasteiger partial charge in [0.05, 0.1) is 0 Å². The molecule has 1 aromatic rings. The van der Waals surface area contributed by atoms with Crippen molar-refractivity contribution in [2.45, 2.75) is 40.2 Å². The van der Waals surface area contributed by atoms with Crippen molar-refractivity contribution >= 4 is 5.69 Å². The molecule has 0 saturated carbocycles. The molecule has 0 aliphatic carbocycles. The van der Waals surface area contributed by atoms with E-state index in [-0.39, 0.29) is 6.04 Å². The van der Waals surface area contributed by atoms with Gasteiger partial charge in [0.25, 0.3) is 0 Å². The summed E-state index contributed by atoms with van der Waals surface area (Å²) >= 11 is 0. The average Bonchev–Trinajstić information content (AvgIpc) is 2.36. The summed E-state index contributed by atoms with van der Waals surface area (Å²) in [4.78, 5) is 2.28. The molecule has 18 heavy (non-hydrogen) atoms. The second-order valence-corrected chi connectivity index (χ2v) is 4.60. The first-order chi connectivity index (χ1) is 8.63. The summed E-state index contributed by atoms with van der Waals surface area (Å²) in [7, 11) is 0. The van der Waals surface area contributed by atoms with Crippen molar-refractivity contribution in [3.05, 3.63) is 23.8 Å². The normalized spacial score (nSPS) is 12.4. The second-order valence-electron chi connectivity index (χ2n) is 4.60. The maximum atomic E-state index is 10.1. The monoisotopic (exact) mass is 250 g/mol. The molecule has 1 unspecified atom stereocenters. The number of hydrogen-bond acceptors (Lipinski definition) is 3. The lowest BCUT2D eigenvalue weighted by Crippen LogP contribution is -2.23. The number of phenols is 1. The number of nitrogens with zero attached hydrogens (tertiary/aromatic N) is 1. The predicted molar refractivity (Wildman–Crippen MR) is 78.4 cm³/mol.